The lowest BCUT2D eigenvalue weighted by Crippen LogP contribution is -2.09. The van der Waals surface area contributed by atoms with Crippen molar-refractivity contribution in [3.05, 3.63) is 57.9 Å². The summed E-state index contributed by atoms with van der Waals surface area (Å²) < 4.78 is 31.3. The van der Waals surface area contributed by atoms with Crippen LogP contribution in [0.3, 0.4) is 0 Å². The van der Waals surface area contributed by atoms with Crippen molar-refractivity contribution in [1.82, 2.24) is 9.38 Å². The summed E-state index contributed by atoms with van der Waals surface area (Å²) >= 11 is 5.96. The Morgan fingerprint density at radius 3 is 2.64 bits per heavy atom. The zero-order valence-electron chi connectivity index (χ0n) is 15.2. The molecule has 3 rings (SSSR count). The number of pyridine rings is 1. The highest BCUT2D eigenvalue weighted by atomic mass is 35.5. The number of aliphatic carboxylic acids is 1. The molecule has 0 spiro atoms. The number of carbonyl (C=O) groups excluding carboxylic acids is 1. The van der Waals surface area contributed by atoms with Crippen LogP contribution in [-0.2, 0) is 11.2 Å². The number of fused-ring (bicyclic) bond motifs is 1. The van der Waals surface area contributed by atoms with Crippen molar-refractivity contribution in [3.63, 3.8) is 0 Å². The number of halogens is 3. The molecule has 0 bridgehead atoms. The Kier molecular flexibility index (Phi) is 5.47. The maximum atomic E-state index is 15.0. The number of nitrogens with zero attached hydrogens (tertiary/aromatic N) is 2. The van der Waals surface area contributed by atoms with E-state index in [4.69, 9.17) is 11.6 Å². The first-order chi connectivity index (χ1) is 13.2. The quantitative estimate of drug-likeness (QED) is 0.594. The maximum Gasteiger partial charge on any atom is 0.309 e. The molecule has 0 aliphatic carbocycles. The Balaban J connectivity index is 2.29. The molecule has 1 N–H and O–H groups in total. The number of hydrogen-bond acceptors (Lipinski definition) is 3. The molecule has 0 radical (unpaired) electrons. The second-order valence-electron chi connectivity index (χ2n) is 6.44. The van der Waals surface area contributed by atoms with E-state index >= 15 is 0 Å². The molecule has 3 aromatic rings. The van der Waals surface area contributed by atoms with E-state index in [-0.39, 0.29) is 34.5 Å². The molecule has 0 atom stereocenters. The van der Waals surface area contributed by atoms with Gasteiger partial charge in [0, 0.05) is 29.3 Å². The predicted molar refractivity (Wildman–Crippen MR) is 101 cm³/mol. The standard InChI is InChI=1S/C20H17ClF2N2O3/c1-3-4-15(26)12-8-13(22)18(10(2)19(12)23)20-14(9-17(27)28)25-6-5-11(21)7-16(25)24-20/h5-8H,3-4,9H2,1-2H3,(H,27,28). The largest absolute Gasteiger partial charge is 0.481 e. The number of imidazole rings is 1. The number of Topliss-reactive ketones (excluding diaryl/α,β-unsaturated/α-hetero) is 1. The summed E-state index contributed by atoms with van der Waals surface area (Å²) in [5.74, 6) is -3.29. The lowest BCUT2D eigenvalue weighted by Gasteiger charge is -2.12. The Morgan fingerprint density at radius 1 is 1.29 bits per heavy atom. The van der Waals surface area contributed by atoms with Gasteiger partial charge >= 0.3 is 5.97 Å². The first-order valence-electron chi connectivity index (χ1n) is 8.65. The fourth-order valence-electron chi connectivity index (χ4n) is 3.19. The number of ketones is 1. The van der Waals surface area contributed by atoms with Gasteiger partial charge in [-0.05, 0) is 31.0 Å². The van der Waals surface area contributed by atoms with Gasteiger partial charge in [0.1, 0.15) is 17.3 Å². The average Bonchev–Trinajstić information content (AvgIpc) is 2.95. The van der Waals surface area contributed by atoms with E-state index in [0.29, 0.717) is 17.1 Å². The molecule has 0 fully saturated rings. The summed E-state index contributed by atoms with van der Waals surface area (Å²) in [5, 5.41) is 9.63. The number of aromatic nitrogens is 2. The van der Waals surface area contributed by atoms with Crippen LogP contribution in [0.2, 0.25) is 5.02 Å². The van der Waals surface area contributed by atoms with Gasteiger partial charge in [-0.2, -0.15) is 0 Å². The van der Waals surface area contributed by atoms with Crippen molar-refractivity contribution in [1.29, 1.82) is 0 Å². The van der Waals surface area contributed by atoms with Gasteiger partial charge in [0.2, 0.25) is 0 Å². The van der Waals surface area contributed by atoms with Crippen LogP contribution in [0.15, 0.2) is 24.4 Å². The molecule has 2 aromatic heterocycles. The van der Waals surface area contributed by atoms with Crippen molar-refractivity contribution in [2.24, 2.45) is 0 Å². The third kappa shape index (κ3) is 3.49. The summed E-state index contributed by atoms with van der Waals surface area (Å²) in [6.45, 7) is 3.12. The van der Waals surface area contributed by atoms with Crippen molar-refractivity contribution in [2.75, 3.05) is 0 Å². The molecular weight excluding hydrogens is 390 g/mol. The Labute approximate surface area is 164 Å². The van der Waals surface area contributed by atoms with Crippen molar-refractivity contribution in [2.45, 2.75) is 33.1 Å². The Morgan fingerprint density at radius 2 is 2.00 bits per heavy atom. The number of carbonyl (C=O) groups is 2. The SMILES string of the molecule is CCCC(=O)c1cc(F)c(-c2nc3cc(Cl)ccn3c2CC(=O)O)c(C)c1F. The van der Waals surface area contributed by atoms with Gasteiger partial charge in [-0.25, -0.2) is 13.8 Å². The van der Waals surface area contributed by atoms with E-state index in [2.05, 4.69) is 4.98 Å². The smallest absolute Gasteiger partial charge is 0.309 e. The van der Waals surface area contributed by atoms with E-state index in [1.54, 1.807) is 13.0 Å². The molecule has 5 nitrogen and oxygen atoms in total. The summed E-state index contributed by atoms with van der Waals surface area (Å²) in [6, 6.07) is 3.90. The minimum Gasteiger partial charge on any atom is -0.481 e. The van der Waals surface area contributed by atoms with Crippen LogP contribution in [0.5, 0.6) is 0 Å². The number of hydrogen-bond donors (Lipinski definition) is 1. The molecule has 0 aliphatic rings. The summed E-state index contributed by atoms with van der Waals surface area (Å²) in [6.07, 6.45) is 1.69. The Bertz CT molecular complexity index is 1110. The predicted octanol–water partition coefficient (Wildman–Crippen LogP) is 4.85. The highest BCUT2D eigenvalue weighted by molar-refractivity contribution is 6.30. The minimum atomic E-state index is -1.15. The van der Waals surface area contributed by atoms with Gasteiger partial charge in [-0.3, -0.25) is 9.59 Å². The minimum absolute atomic E-state index is 0.00746. The highest BCUT2D eigenvalue weighted by Crippen LogP contribution is 2.34. The van der Waals surface area contributed by atoms with Crippen LogP contribution in [0.4, 0.5) is 8.78 Å². The average molecular weight is 407 g/mol. The van der Waals surface area contributed by atoms with Crippen LogP contribution in [-0.4, -0.2) is 26.2 Å². The van der Waals surface area contributed by atoms with Crippen molar-refractivity contribution < 1.29 is 23.5 Å². The van der Waals surface area contributed by atoms with E-state index in [1.165, 1.54) is 23.6 Å². The third-order valence-electron chi connectivity index (χ3n) is 4.47. The number of benzene rings is 1. The molecule has 0 saturated carbocycles. The second-order valence-corrected chi connectivity index (χ2v) is 6.88. The molecule has 1 aromatic carbocycles. The van der Waals surface area contributed by atoms with Crippen molar-refractivity contribution in [3.8, 4) is 11.3 Å². The molecule has 8 heteroatoms. The van der Waals surface area contributed by atoms with Gasteiger partial charge < -0.3 is 9.51 Å². The van der Waals surface area contributed by atoms with E-state index in [9.17, 15) is 23.5 Å². The first kappa shape index (κ1) is 19.9. The molecule has 146 valence electrons. The number of rotatable bonds is 6. The van der Waals surface area contributed by atoms with Crippen LogP contribution < -0.4 is 0 Å². The van der Waals surface area contributed by atoms with Crippen LogP contribution in [0.25, 0.3) is 16.9 Å². The molecule has 0 unspecified atom stereocenters. The summed E-state index contributed by atoms with van der Waals surface area (Å²) in [5.41, 5.74) is -0.0697. The lowest BCUT2D eigenvalue weighted by molar-refractivity contribution is -0.136. The van der Waals surface area contributed by atoms with E-state index in [0.717, 1.165) is 6.07 Å². The topological polar surface area (TPSA) is 71.7 Å². The molecule has 0 aliphatic heterocycles. The highest BCUT2D eigenvalue weighted by Gasteiger charge is 2.25. The monoisotopic (exact) mass is 406 g/mol. The van der Waals surface area contributed by atoms with Crippen LogP contribution >= 0.6 is 11.6 Å². The maximum absolute atomic E-state index is 15.0. The summed E-state index contributed by atoms with van der Waals surface area (Å²) in [7, 11) is 0. The van der Waals surface area contributed by atoms with E-state index in [1.807, 2.05) is 0 Å². The zero-order valence-corrected chi connectivity index (χ0v) is 16.0. The number of carboxylic acids is 1. The van der Waals surface area contributed by atoms with Gasteiger partial charge in [-0.15, -0.1) is 0 Å². The molecule has 28 heavy (non-hydrogen) atoms. The van der Waals surface area contributed by atoms with Crippen LogP contribution in [0.1, 0.15) is 41.4 Å². The lowest BCUT2D eigenvalue weighted by atomic mass is 9.96. The van der Waals surface area contributed by atoms with Gasteiger partial charge in [0.25, 0.3) is 0 Å². The first-order valence-corrected chi connectivity index (χ1v) is 9.02. The molecule has 0 amide bonds. The molecule has 2 heterocycles. The van der Waals surface area contributed by atoms with Crippen molar-refractivity contribution >= 4 is 29.0 Å². The third-order valence-corrected chi connectivity index (χ3v) is 4.71. The fraction of sp³-hybridized carbons (Fsp3) is 0.250. The van der Waals surface area contributed by atoms with Gasteiger partial charge in [-0.1, -0.05) is 18.5 Å². The molecular formula is C20H17ClF2N2O3. The normalized spacial score (nSPS) is 11.2. The number of carboxylic acid groups (broad SMARTS) is 1. The molecule has 0 saturated heterocycles. The van der Waals surface area contributed by atoms with Gasteiger partial charge in [0.05, 0.1) is 23.4 Å². The zero-order chi connectivity index (χ0) is 20.6. The van der Waals surface area contributed by atoms with Crippen LogP contribution in [0, 0.1) is 18.6 Å². The Hall–Kier alpha value is -2.80. The van der Waals surface area contributed by atoms with E-state index < -0.39 is 29.8 Å². The fourth-order valence-corrected chi connectivity index (χ4v) is 3.35. The summed E-state index contributed by atoms with van der Waals surface area (Å²) in [4.78, 5) is 27.7. The second kappa shape index (κ2) is 7.67. The van der Waals surface area contributed by atoms with Gasteiger partial charge in [0.15, 0.2) is 5.78 Å².